The number of likely N-dealkylation sites (tertiary alicyclic amines) is 1. The Morgan fingerprint density at radius 2 is 1.81 bits per heavy atom. The summed E-state index contributed by atoms with van der Waals surface area (Å²) in [4.78, 5) is 31.2. The molecule has 0 radical (unpaired) electrons. The Kier molecular flexibility index (Phi) is 4.60. The molecule has 164 valence electrons. The van der Waals surface area contributed by atoms with Gasteiger partial charge in [0.2, 0.25) is 11.8 Å². The van der Waals surface area contributed by atoms with Crippen LogP contribution in [0.2, 0.25) is 0 Å². The zero-order valence-corrected chi connectivity index (χ0v) is 18.3. The van der Waals surface area contributed by atoms with Crippen molar-refractivity contribution >= 4 is 28.4 Å². The summed E-state index contributed by atoms with van der Waals surface area (Å²) in [7, 11) is 0. The summed E-state index contributed by atoms with van der Waals surface area (Å²) >= 11 is 0. The van der Waals surface area contributed by atoms with Crippen LogP contribution in [0.5, 0.6) is 0 Å². The highest BCUT2D eigenvalue weighted by molar-refractivity contribution is 5.94. The fourth-order valence-electron chi connectivity index (χ4n) is 5.70. The second kappa shape index (κ2) is 7.51. The van der Waals surface area contributed by atoms with Crippen LogP contribution >= 0.6 is 0 Å². The molecule has 1 spiro atoms. The number of hydrogen-bond acceptors (Lipinski definition) is 2. The van der Waals surface area contributed by atoms with Crippen molar-refractivity contribution in [2.45, 2.75) is 38.5 Å². The van der Waals surface area contributed by atoms with E-state index < -0.39 is 0 Å². The number of aromatic nitrogens is 1. The van der Waals surface area contributed by atoms with E-state index in [9.17, 15) is 9.59 Å². The topological polar surface area (TPSA) is 65.2 Å². The highest BCUT2D eigenvalue weighted by atomic mass is 16.2. The number of hydrogen-bond donors (Lipinski definition) is 2. The van der Waals surface area contributed by atoms with E-state index in [-0.39, 0.29) is 17.7 Å². The Morgan fingerprint density at radius 1 is 1.00 bits per heavy atom. The van der Waals surface area contributed by atoms with Crippen LogP contribution in [-0.4, -0.2) is 34.8 Å². The number of nitrogens with one attached hydrogen (secondary N) is 2. The number of para-hydroxylation sites is 1. The molecule has 1 unspecified atom stereocenters. The van der Waals surface area contributed by atoms with Gasteiger partial charge in [0.15, 0.2) is 0 Å². The molecule has 2 aromatic carbocycles. The minimum Gasteiger partial charge on any atom is -0.355 e. The minimum atomic E-state index is -0.0346. The molecule has 5 nitrogen and oxygen atoms in total. The third-order valence-electron chi connectivity index (χ3n) is 7.99. The van der Waals surface area contributed by atoms with Gasteiger partial charge in [-0.1, -0.05) is 36.8 Å². The number of fused-ring (bicyclic) bond motifs is 1. The van der Waals surface area contributed by atoms with Gasteiger partial charge in [-0.05, 0) is 61.8 Å². The maximum absolute atomic E-state index is 12.9. The predicted molar refractivity (Wildman–Crippen MR) is 126 cm³/mol. The number of benzene rings is 2. The number of rotatable bonds is 4. The first-order valence-electron chi connectivity index (χ1n) is 11.9. The number of carbonyl (C=O) groups excluding carboxylic acids is 2. The first-order valence-corrected chi connectivity index (χ1v) is 11.9. The van der Waals surface area contributed by atoms with Crippen molar-refractivity contribution in [2.75, 3.05) is 18.4 Å². The molecule has 1 aliphatic heterocycles. The number of piperidine rings is 1. The van der Waals surface area contributed by atoms with Crippen LogP contribution in [0.15, 0.2) is 54.6 Å². The van der Waals surface area contributed by atoms with Gasteiger partial charge in [-0.25, -0.2) is 0 Å². The predicted octanol–water partition coefficient (Wildman–Crippen LogP) is 5.20. The van der Waals surface area contributed by atoms with E-state index in [1.165, 1.54) is 24.6 Å². The molecule has 2 N–H and O–H groups in total. The fourth-order valence-corrected chi connectivity index (χ4v) is 5.70. The standard InChI is InChI=1S/C27H29N3O2/c31-25(18-9-13-30(14-10-18)26(32)22-17-27(22)11-4-12-27)28-21-7-3-6-19(15-21)24-16-20-5-1-2-8-23(20)29-24/h1-3,5-8,15-16,18,22,29H,4,9-14,17H2,(H,28,31). The lowest BCUT2D eigenvalue weighted by molar-refractivity contribution is -0.137. The minimum absolute atomic E-state index is 0.0346. The van der Waals surface area contributed by atoms with Crippen molar-refractivity contribution < 1.29 is 9.59 Å². The van der Waals surface area contributed by atoms with Gasteiger partial charge in [0, 0.05) is 52.8 Å². The Labute approximate surface area is 188 Å². The molecule has 1 saturated heterocycles. The molecule has 6 rings (SSSR count). The van der Waals surface area contributed by atoms with Crippen LogP contribution in [0.1, 0.15) is 38.5 Å². The lowest BCUT2D eigenvalue weighted by Gasteiger charge is -2.33. The van der Waals surface area contributed by atoms with E-state index in [4.69, 9.17) is 0 Å². The first kappa shape index (κ1) is 19.6. The van der Waals surface area contributed by atoms with Crippen molar-refractivity contribution in [3.05, 3.63) is 54.6 Å². The Bertz CT molecular complexity index is 1150. The van der Waals surface area contributed by atoms with Crippen LogP contribution in [0.3, 0.4) is 0 Å². The third-order valence-corrected chi connectivity index (χ3v) is 7.99. The second-order valence-corrected chi connectivity index (χ2v) is 9.91. The number of H-pyrrole nitrogens is 1. The Hall–Kier alpha value is -3.08. The van der Waals surface area contributed by atoms with Gasteiger partial charge in [0.05, 0.1) is 0 Å². The SMILES string of the molecule is O=C(Nc1cccc(-c2cc3ccccc3[nH]2)c1)C1CCN(C(=O)C2CC23CCC3)CC1. The van der Waals surface area contributed by atoms with Crippen molar-refractivity contribution in [3.8, 4) is 11.3 Å². The Balaban J connectivity index is 1.07. The average Bonchev–Trinajstić information content (AvgIpc) is 3.43. The summed E-state index contributed by atoms with van der Waals surface area (Å²) < 4.78 is 0. The summed E-state index contributed by atoms with van der Waals surface area (Å²) in [6.45, 7) is 1.41. The maximum Gasteiger partial charge on any atom is 0.227 e. The molecule has 2 amide bonds. The molecular formula is C27H29N3O2. The van der Waals surface area contributed by atoms with E-state index in [1.807, 2.05) is 35.2 Å². The molecule has 3 aliphatic rings. The van der Waals surface area contributed by atoms with Crippen LogP contribution in [-0.2, 0) is 9.59 Å². The van der Waals surface area contributed by atoms with Gasteiger partial charge in [-0.15, -0.1) is 0 Å². The molecule has 0 bridgehead atoms. The molecule has 1 aromatic heterocycles. The zero-order valence-electron chi connectivity index (χ0n) is 18.3. The zero-order chi connectivity index (χ0) is 21.7. The van der Waals surface area contributed by atoms with Crippen LogP contribution < -0.4 is 5.32 Å². The van der Waals surface area contributed by atoms with E-state index in [0.717, 1.165) is 41.7 Å². The van der Waals surface area contributed by atoms with Crippen LogP contribution in [0.4, 0.5) is 5.69 Å². The van der Waals surface area contributed by atoms with Gasteiger partial charge in [-0.3, -0.25) is 9.59 Å². The molecule has 2 heterocycles. The fraction of sp³-hybridized carbons (Fsp3) is 0.407. The number of carbonyl (C=O) groups is 2. The molecular weight excluding hydrogens is 398 g/mol. The summed E-state index contributed by atoms with van der Waals surface area (Å²) in [5.74, 6) is 0.643. The van der Waals surface area contributed by atoms with Crippen molar-refractivity contribution in [3.63, 3.8) is 0 Å². The van der Waals surface area contributed by atoms with Gasteiger partial charge in [0.25, 0.3) is 0 Å². The smallest absolute Gasteiger partial charge is 0.227 e. The summed E-state index contributed by atoms with van der Waals surface area (Å²) in [5, 5.41) is 4.28. The van der Waals surface area contributed by atoms with E-state index in [2.05, 4.69) is 34.6 Å². The monoisotopic (exact) mass is 427 g/mol. The van der Waals surface area contributed by atoms with E-state index >= 15 is 0 Å². The van der Waals surface area contributed by atoms with Crippen LogP contribution in [0, 0.1) is 17.3 Å². The van der Waals surface area contributed by atoms with Crippen molar-refractivity contribution in [1.29, 1.82) is 0 Å². The molecule has 3 aromatic rings. The average molecular weight is 428 g/mol. The number of nitrogens with zero attached hydrogens (tertiary/aromatic N) is 1. The number of aromatic amines is 1. The lowest BCUT2D eigenvalue weighted by atomic mass is 9.79. The van der Waals surface area contributed by atoms with E-state index in [1.54, 1.807) is 0 Å². The van der Waals surface area contributed by atoms with Gasteiger partial charge in [-0.2, -0.15) is 0 Å². The highest BCUT2D eigenvalue weighted by Crippen LogP contribution is 2.66. The van der Waals surface area contributed by atoms with Gasteiger partial charge < -0.3 is 15.2 Å². The third kappa shape index (κ3) is 3.40. The molecule has 3 fully saturated rings. The first-order chi connectivity index (χ1) is 15.6. The quantitative estimate of drug-likeness (QED) is 0.601. The summed E-state index contributed by atoms with van der Waals surface area (Å²) in [6.07, 6.45) is 6.35. The summed E-state index contributed by atoms with van der Waals surface area (Å²) in [5.41, 5.74) is 4.39. The molecule has 1 atom stereocenters. The second-order valence-electron chi connectivity index (χ2n) is 9.91. The highest BCUT2D eigenvalue weighted by Gasteiger charge is 2.61. The molecule has 32 heavy (non-hydrogen) atoms. The Morgan fingerprint density at radius 3 is 2.53 bits per heavy atom. The maximum atomic E-state index is 12.9. The molecule has 2 saturated carbocycles. The summed E-state index contributed by atoms with van der Waals surface area (Å²) in [6, 6.07) is 18.3. The van der Waals surface area contributed by atoms with Crippen LogP contribution in [0.25, 0.3) is 22.2 Å². The number of anilines is 1. The number of amides is 2. The lowest BCUT2D eigenvalue weighted by Crippen LogP contribution is -2.43. The van der Waals surface area contributed by atoms with Crippen molar-refractivity contribution in [2.24, 2.45) is 17.3 Å². The normalized spacial score (nSPS) is 22.0. The van der Waals surface area contributed by atoms with Gasteiger partial charge in [0.1, 0.15) is 0 Å². The van der Waals surface area contributed by atoms with Crippen molar-refractivity contribution in [1.82, 2.24) is 9.88 Å². The largest absolute Gasteiger partial charge is 0.355 e. The molecule has 2 aliphatic carbocycles. The van der Waals surface area contributed by atoms with Gasteiger partial charge >= 0.3 is 0 Å². The molecule has 5 heteroatoms. The van der Waals surface area contributed by atoms with E-state index in [0.29, 0.717) is 24.4 Å².